The number of hydrogen-bond donors (Lipinski definition) is 1. The van der Waals surface area contributed by atoms with Gasteiger partial charge in [-0.25, -0.2) is 0 Å². The van der Waals surface area contributed by atoms with Gasteiger partial charge < -0.3 is 14.5 Å². The van der Waals surface area contributed by atoms with E-state index in [-0.39, 0.29) is 17.0 Å². The minimum atomic E-state index is -0.334. The van der Waals surface area contributed by atoms with Gasteiger partial charge in [0.05, 0.1) is 11.4 Å². The molecule has 4 rings (SSSR count). The van der Waals surface area contributed by atoms with Crippen LogP contribution in [0, 0.1) is 0 Å². The van der Waals surface area contributed by atoms with E-state index < -0.39 is 0 Å². The maximum Gasteiger partial charge on any atom is 0.263 e. The summed E-state index contributed by atoms with van der Waals surface area (Å²) in [5.41, 5.74) is 3.96. The summed E-state index contributed by atoms with van der Waals surface area (Å²) >= 11 is 0. The summed E-state index contributed by atoms with van der Waals surface area (Å²) in [6, 6.07) is 13.4. The number of carbonyl (C=O) groups is 1. The quantitative estimate of drug-likeness (QED) is 0.588. The average molecular weight is 418 g/mol. The molecule has 0 atom stereocenters. The Balaban J connectivity index is 1.72. The number of nitrogens with zero attached hydrogens (tertiary/aromatic N) is 2. The molecule has 31 heavy (non-hydrogen) atoms. The number of benzene rings is 1. The summed E-state index contributed by atoms with van der Waals surface area (Å²) in [7, 11) is 0. The molecule has 2 heterocycles. The van der Waals surface area contributed by atoms with Crippen molar-refractivity contribution in [1.29, 1.82) is 0 Å². The number of fused-ring (bicyclic) bond motifs is 1. The van der Waals surface area contributed by atoms with Crippen molar-refractivity contribution in [3.05, 3.63) is 82.0 Å². The fraction of sp³-hybridized carbons (Fsp3) is 0.385. The largest absolute Gasteiger partial charge is 0.322 e. The molecule has 0 bridgehead atoms. The Morgan fingerprint density at radius 2 is 1.74 bits per heavy atom. The van der Waals surface area contributed by atoms with Gasteiger partial charge in [0.1, 0.15) is 5.56 Å². The van der Waals surface area contributed by atoms with Crippen LogP contribution in [0.5, 0.6) is 0 Å². The number of nitrogens with one attached hydrogen (secondary N) is 1. The van der Waals surface area contributed by atoms with Crippen molar-refractivity contribution >= 4 is 11.6 Å². The number of rotatable bonds is 6. The lowest BCUT2D eigenvalue weighted by Gasteiger charge is -2.21. The molecule has 0 radical (unpaired) electrons. The van der Waals surface area contributed by atoms with Crippen LogP contribution in [0.2, 0.25) is 0 Å². The van der Waals surface area contributed by atoms with Crippen LogP contribution in [0.25, 0.3) is 5.69 Å². The van der Waals surface area contributed by atoms with Crippen molar-refractivity contribution in [1.82, 2.24) is 9.13 Å². The van der Waals surface area contributed by atoms with Crippen LogP contribution in [0.4, 0.5) is 5.69 Å². The number of aromatic nitrogens is 2. The van der Waals surface area contributed by atoms with E-state index in [1.54, 1.807) is 0 Å². The molecular weight excluding hydrogens is 386 g/mol. The van der Waals surface area contributed by atoms with E-state index in [1.807, 2.05) is 64.0 Å². The van der Waals surface area contributed by atoms with Crippen LogP contribution in [-0.4, -0.2) is 15.0 Å². The molecule has 0 saturated carbocycles. The number of pyridine rings is 1. The second-order valence-corrected chi connectivity index (χ2v) is 8.32. The minimum Gasteiger partial charge on any atom is -0.322 e. The molecule has 0 fully saturated rings. The maximum atomic E-state index is 13.4. The average Bonchev–Trinajstić information content (AvgIpc) is 3.29. The van der Waals surface area contributed by atoms with Gasteiger partial charge in [0.25, 0.3) is 11.5 Å². The number of para-hydroxylation sites is 2. The summed E-state index contributed by atoms with van der Waals surface area (Å²) in [5, 5.41) is 3.00. The molecule has 5 nitrogen and oxygen atoms in total. The highest BCUT2D eigenvalue weighted by atomic mass is 16.2. The highest BCUT2D eigenvalue weighted by Gasteiger charge is 2.21. The van der Waals surface area contributed by atoms with Gasteiger partial charge in [0.15, 0.2) is 0 Å². The summed E-state index contributed by atoms with van der Waals surface area (Å²) < 4.78 is 3.84. The Kier molecular flexibility index (Phi) is 6.70. The van der Waals surface area contributed by atoms with Crippen LogP contribution < -0.4 is 10.9 Å². The second-order valence-electron chi connectivity index (χ2n) is 8.32. The highest BCUT2D eigenvalue weighted by molar-refractivity contribution is 6.05. The van der Waals surface area contributed by atoms with E-state index in [0.717, 1.165) is 49.9 Å². The van der Waals surface area contributed by atoms with Gasteiger partial charge in [0.2, 0.25) is 0 Å². The smallest absolute Gasteiger partial charge is 0.263 e. The molecule has 162 valence electrons. The minimum absolute atomic E-state index is 0.163. The predicted octanol–water partition coefficient (Wildman–Crippen LogP) is 5.35. The van der Waals surface area contributed by atoms with Gasteiger partial charge in [-0.15, -0.1) is 0 Å². The third-order valence-electron chi connectivity index (χ3n) is 6.12. The first kappa shape index (κ1) is 21.2. The molecular formula is C26H31N3O2. The SMILES string of the molecule is CCCCn1c2c(cc(C(=O)Nc3ccccc3-n3cccc3)c1=O)CCCCCC2. The standard InChI is InChI=1S/C26H31N3O2/c1-2-3-18-29-23-14-7-5-4-6-12-20(23)19-21(26(29)31)25(30)27-22-13-8-9-15-24(22)28-16-10-11-17-28/h8-11,13,15-17,19H,2-7,12,14,18H2,1H3,(H,27,30). The summed E-state index contributed by atoms with van der Waals surface area (Å²) in [6.07, 6.45) is 12.3. The van der Waals surface area contributed by atoms with Gasteiger partial charge in [-0.3, -0.25) is 9.59 Å². The molecule has 2 aromatic heterocycles. The van der Waals surface area contributed by atoms with Crippen LogP contribution in [-0.2, 0) is 19.4 Å². The third-order valence-corrected chi connectivity index (χ3v) is 6.12. The van der Waals surface area contributed by atoms with Gasteiger partial charge in [-0.1, -0.05) is 38.3 Å². The third kappa shape index (κ3) is 4.66. The fourth-order valence-electron chi connectivity index (χ4n) is 4.44. The Hall–Kier alpha value is -3.08. The van der Waals surface area contributed by atoms with Crippen LogP contribution in [0.15, 0.2) is 59.7 Å². The molecule has 3 aromatic rings. The number of anilines is 1. The topological polar surface area (TPSA) is 56.0 Å². The van der Waals surface area contributed by atoms with Gasteiger partial charge >= 0.3 is 0 Å². The van der Waals surface area contributed by atoms with E-state index in [0.29, 0.717) is 12.2 Å². The van der Waals surface area contributed by atoms with Gasteiger partial charge in [-0.2, -0.15) is 0 Å². The summed E-state index contributed by atoms with van der Waals surface area (Å²) in [6.45, 7) is 2.81. The van der Waals surface area contributed by atoms with Crippen molar-refractivity contribution < 1.29 is 4.79 Å². The molecule has 5 heteroatoms. The van der Waals surface area contributed by atoms with Gasteiger partial charge in [-0.05, 0) is 68.0 Å². The van der Waals surface area contributed by atoms with Crippen LogP contribution in [0.1, 0.15) is 67.1 Å². The van der Waals surface area contributed by atoms with Crippen molar-refractivity contribution in [2.24, 2.45) is 0 Å². The second kappa shape index (κ2) is 9.82. The van der Waals surface area contributed by atoms with Crippen LogP contribution >= 0.6 is 0 Å². The zero-order chi connectivity index (χ0) is 21.6. The van der Waals surface area contributed by atoms with Crippen LogP contribution in [0.3, 0.4) is 0 Å². The lowest BCUT2D eigenvalue weighted by molar-refractivity contribution is 0.102. The summed E-state index contributed by atoms with van der Waals surface area (Å²) in [4.78, 5) is 26.7. The predicted molar refractivity (Wildman–Crippen MR) is 125 cm³/mol. The highest BCUT2D eigenvalue weighted by Crippen LogP contribution is 2.23. The lowest BCUT2D eigenvalue weighted by atomic mass is 9.95. The Labute approximate surface area is 183 Å². The molecule has 1 N–H and O–H groups in total. The number of amides is 1. The maximum absolute atomic E-state index is 13.4. The van der Waals surface area contributed by atoms with E-state index in [1.165, 1.54) is 18.4 Å². The first-order chi connectivity index (χ1) is 15.2. The van der Waals surface area contributed by atoms with Crippen molar-refractivity contribution in [3.8, 4) is 5.69 Å². The van der Waals surface area contributed by atoms with E-state index >= 15 is 0 Å². The Bertz CT molecular complexity index is 1100. The fourth-order valence-corrected chi connectivity index (χ4v) is 4.44. The van der Waals surface area contributed by atoms with E-state index in [4.69, 9.17) is 0 Å². The molecule has 1 amide bonds. The van der Waals surface area contributed by atoms with E-state index in [2.05, 4.69) is 12.2 Å². The normalized spacial score (nSPS) is 13.8. The molecule has 0 spiro atoms. The number of carbonyl (C=O) groups excluding carboxylic acids is 1. The lowest BCUT2D eigenvalue weighted by Crippen LogP contribution is -2.33. The zero-order valence-corrected chi connectivity index (χ0v) is 18.3. The zero-order valence-electron chi connectivity index (χ0n) is 18.3. The molecule has 1 aromatic carbocycles. The molecule has 0 saturated heterocycles. The summed E-state index contributed by atoms with van der Waals surface area (Å²) in [5.74, 6) is -0.334. The first-order valence-corrected chi connectivity index (χ1v) is 11.5. The van der Waals surface area contributed by atoms with Gasteiger partial charge in [0, 0.05) is 24.6 Å². The van der Waals surface area contributed by atoms with Crippen molar-refractivity contribution in [2.45, 2.75) is 64.8 Å². The first-order valence-electron chi connectivity index (χ1n) is 11.5. The Morgan fingerprint density at radius 1 is 1.00 bits per heavy atom. The Morgan fingerprint density at radius 3 is 2.52 bits per heavy atom. The molecule has 1 aliphatic carbocycles. The molecule has 0 unspecified atom stereocenters. The number of unbranched alkanes of at least 4 members (excludes halogenated alkanes) is 1. The number of hydrogen-bond acceptors (Lipinski definition) is 2. The molecule has 0 aliphatic heterocycles. The van der Waals surface area contributed by atoms with Crippen molar-refractivity contribution in [2.75, 3.05) is 5.32 Å². The van der Waals surface area contributed by atoms with Crippen molar-refractivity contribution in [3.63, 3.8) is 0 Å². The number of aryl methyl sites for hydroxylation is 1. The monoisotopic (exact) mass is 417 g/mol. The van der Waals surface area contributed by atoms with E-state index in [9.17, 15) is 9.59 Å². The molecule has 1 aliphatic rings.